The minimum atomic E-state index is -0.259. The molecule has 0 saturated carbocycles. The summed E-state index contributed by atoms with van der Waals surface area (Å²) in [5.41, 5.74) is 5.67. The van der Waals surface area contributed by atoms with Crippen LogP contribution in [0.3, 0.4) is 0 Å². The molecule has 0 N–H and O–H groups in total. The van der Waals surface area contributed by atoms with Gasteiger partial charge in [-0.2, -0.15) is 0 Å². The third-order valence-corrected chi connectivity index (χ3v) is 8.53. The Morgan fingerprint density at radius 2 is 1.62 bits per heavy atom. The number of para-hydroxylation sites is 2. The maximum absolute atomic E-state index is 13.1. The number of benzene rings is 3. The van der Waals surface area contributed by atoms with E-state index in [4.69, 9.17) is 11.6 Å². The lowest BCUT2D eigenvalue weighted by Gasteiger charge is -2.32. The number of carbonyl (C=O) groups excluding carboxylic acids is 2. The maximum atomic E-state index is 13.1. The molecule has 2 aromatic heterocycles. The van der Waals surface area contributed by atoms with Crippen LogP contribution in [0.25, 0.3) is 32.9 Å². The SMILES string of the molecule is CC1(C)c2cc(/C=C3/C(=O)c4ccc(Cl)cc4C3=O)sc2-n2c3ccccc3c3cccc1c32. The van der Waals surface area contributed by atoms with Crippen molar-refractivity contribution in [2.45, 2.75) is 19.3 Å². The number of hydrogen-bond donors (Lipinski definition) is 0. The summed E-state index contributed by atoms with van der Waals surface area (Å²) < 4.78 is 2.35. The van der Waals surface area contributed by atoms with Crippen LogP contribution in [-0.2, 0) is 5.41 Å². The average molecular weight is 480 g/mol. The van der Waals surface area contributed by atoms with Gasteiger partial charge in [0.2, 0.25) is 0 Å². The first-order valence-electron chi connectivity index (χ1n) is 11.1. The zero-order chi connectivity index (χ0) is 23.4. The Morgan fingerprint density at radius 1 is 0.853 bits per heavy atom. The van der Waals surface area contributed by atoms with Gasteiger partial charge in [0, 0.05) is 37.2 Å². The van der Waals surface area contributed by atoms with Crippen molar-refractivity contribution in [1.82, 2.24) is 4.57 Å². The van der Waals surface area contributed by atoms with Gasteiger partial charge in [-0.25, -0.2) is 0 Å². The van der Waals surface area contributed by atoms with Gasteiger partial charge >= 0.3 is 0 Å². The number of allylic oxidation sites excluding steroid dienone is 1. The van der Waals surface area contributed by atoms with Gasteiger partial charge in [0.25, 0.3) is 0 Å². The molecule has 34 heavy (non-hydrogen) atoms. The molecular formula is C29H18ClNO2S. The normalized spacial score (nSPS) is 17.1. The summed E-state index contributed by atoms with van der Waals surface area (Å²) in [6.45, 7) is 4.49. The Kier molecular flexibility index (Phi) is 3.85. The Bertz CT molecular complexity index is 1780. The molecule has 3 aromatic carbocycles. The van der Waals surface area contributed by atoms with Crippen LogP contribution in [0.2, 0.25) is 5.02 Å². The molecule has 0 atom stereocenters. The van der Waals surface area contributed by atoms with Crippen LogP contribution in [0.4, 0.5) is 0 Å². The Labute approximate surface area is 204 Å². The Hall–Kier alpha value is -3.47. The fourth-order valence-corrected chi connectivity index (χ4v) is 6.99. The van der Waals surface area contributed by atoms with Crippen LogP contribution in [-0.4, -0.2) is 16.1 Å². The molecule has 164 valence electrons. The highest BCUT2D eigenvalue weighted by molar-refractivity contribution is 7.15. The van der Waals surface area contributed by atoms with E-state index in [1.54, 1.807) is 35.6 Å². The van der Waals surface area contributed by atoms with Crippen molar-refractivity contribution in [3.05, 3.63) is 104 Å². The number of aromatic nitrogens is 1. The number of Topliss-reactive ketones (excluding diaryl/α,β-unsaturated/α-hetero) is 2. The van der Waals surface area contributed by atoms with Crippen LogP contribution in [0.15, 0.2) is 72.3 Å². The molecule has 7 rings (SSSR count). The molecular weight excluding hydrogens is 462 g/mol. The van der Waals surface area contributed by atoms with Gasteiger partial charge in [0.15, 0.2) is 11.6 Å². The highest BCUT2D eigenvalue weighted by Crippen LogP contribution is 2.50. The lowest BCUT2D eigenvalue weighted by atomic mass is 9.76. The second-order valence-corrected chi connectivity index (χ2v) is 11.0. The van der Waals surface area contributed by atoms with Crippen molar-refractivity contribution in [3.8, 4) is 5.00 Å². The fraction of sp³-hybridized carbons (Fsp3) is 0.103. The number of thiophene rings is 1. The van der Waals surface area contributed by atoms with Gasteiger partial charge in [-0.3, -0.25) is 9.59 Å². The van der Waals surface area contributed by atoms with Crippen LogP contribution in [0.1, 0.15) is 50.6 Å². The van der Waals surface area contributed by atoms with Crippen molar-refractivity contribution >= 4 is 62.4 Å². The second kappa shape index (κ2) is 6.56. The molecule has 0 saturated heterocycles. The molecule has 0 radical (unpaired) electrons. The molecule has 3 nitrogen and oxygen atoms in total. The molecule has 0 amide bonds. The summed E-state index contributed by atoms with van der Waals surface area (Å²) in [5, 5.41) is 4.06. The number of hydrogen-bond acceptors (Lipinski definition) is 3. The number of ketones is 2. The first kappa shape index (κ1) is 20.0. The maximum Gasteiger partial charge on any atom is 0.197 e. The summed E-state index contributed by atoms with van der Waals surface area (Å²) in [7, 11) is 0. The predicted molar refractivity (Wildman–Crippen MR) is 139 cm³/mol. The molecule has 0 unspecified atom stereocenters. The highest BCUT2D eigenvalue weighted by Gasteiger charge is 2.37. The fourth-order valence-electron chi connectivity index (χ4n) is 5.53. The first-order valence-corrected chi connectivity index (χ1v) is 12.3. The molecule has 0 fully saturated rings. The molecule has 1 aliphatic heterocycles. The van der Waals surface area contributed by atoms with Crippen molar-refractivity contribution in [1.29, 1.82) is 0 Å². The number of carbonyl (C=O) groups is 2. The third-order valence-electron chi connectivity index (χ3n) is 7.22. The van der Waals surface area contributed by atoms with E-state index in [1.165, 1.54) is 27.4 Å². The zero-order valence-electron chi connectivity index (χ0n) is 18.5. The van der Waals surface area contributed by atoms with E-state index in [0.29, 0.717) is 16.1 Å². The summed E-state index contributed by atoms with van der Waals surface area (Å²) >= 11 is 7.70. The molecule has 0 bridgehead atoms. The topological polar surface area (TPSA) is 39.1 Å². The summed E-state index contributed by atoms with van der Waals surface area (Å²) in [4.78, 5) is 27.0. The van der Waals surface area contributed by atoms with Crippen LogP contribution in [0.5, 0.6) is 0 Å². The molecule has 2 aliphatic rings. The molecule has 0 spiro atoms. The lowest BCUT2D eigenvalue weighted by molar-refractivity contribution is 0.0990. The number of rotatable bonds is 1. The standard InChI is InChI=1S/C29H18ClNO2S/c1-29(2)22-8-5-7-18-17-6-3-4-9-24(17)31(25(18)22)28-23(29)14-16(34-28)13-21-26(32)19-11-10-15(30)12-20(19)27(21)33/h3-14H,1-2H3/b21-13-. The van der Waals surface area contributed by atoms with Gasteiger partial charge in [-0.1, -0.05) is 61.8 Å². The van der Waals surface area contributed by atoms with Gasteiger partial charge in [0.1, 0.15) is 5.00 Å². The lowest BCUT2D eigenvalue weighted by Crippen LogP contribution is -2.24. The number of nitrogens with zero attached hydrogens (tertiary/aromatic N) is 1. The van der Waals surface area contributed by atoms with Crippen molar-refractivity contribution in [2.75, 3.05) is 0 Å². The van der Waals surface area contributed by atoms with E-state index in [-0.39, 0.29) is 22.6 Å². The second-order valence-electron chi connectivity index (χ2n) is 9.45. The smallest absolute Gasteiger partial charge is 0.197 e. The highest BCUT2D eigenvalue weighted by atomic mass is 35.5. The minimum absolute atomic E-state index is 0.202. The van der Waals surface area contributed by atoms with E-state index in [0.717, 1.165) is 15.4 Å². The van der Waals surface area contributed by atoms with Crippen molar-refractivity contribution in [3.63, 3.8) is 0 Å². The van der Waals surface area contributed by atoms with E-state index in [1.807, 2.05) is 0 Å². The quantitative estimate of drug-likeness (QED) is 0.183. The monoisotopic (exact) mass is 479 g/mol. The predicted octanol–water partition coefficient (Wildman–Crippen LogP) is 7.60. The minimum Gasteiger partial charge on any atom is -0.300 e. The van der Waals surface area contributed by atoms with E-state index in [9.17, 15) is 9.59 Å². The van der Waals surface area contributed by atoms with Gasteiger partial charge in [-0.05, 0) is 47.5 Å². The van der Waals surface area contributed by atoms with Crippen molar-refractivity contribution in [2.24, 2.45) is 0 Å². The first-order chi connectivity index (χ1) is 16.4. The molecule has 5 heteroatoms. The summed E-state index contributed by atoms with van der Waals surface area (Å²) in [6, 6.07) is 22.0. The van der Waals surface area contributed by atoms with Crippen LogP contribution in [0, 0.1) is 0 Å². The van der Waals surface area contributed by atoms with Gasteiger partial charge < -0.3 is 4.57 Å². The zero-order valence-corrected chi connectivity index (χ0v) is 20.1. The number of halogens is 1. The summed E-state index contributed by atoms with van der Waals surface area (Å²) in [6.07, 6.45) is 1.76. The molecule has 5 aromatic rings. The molecule has 1 aliphatic carbocycles. The van der Waals surface area contributed by atoms with Crippen LogP contribution < -0.4 is 0 Å². The molecule has 3 heterocycles. The third kappa shape index (κ3) is 2.42. The van der Waals surface area contributed by atoms with Crippen molar-refractivity contribution < 1.29 is 9.59 Å². The summed E-state index contributed by atoms with van der Waals surface area (Å²) in [5.74, 6) is -0.496. The van der Waals surface area contributed by atoms with Gasteiger partial charge in [-0.15, -0.1) is 11.3 Å². The van der Waals surface area contributed by atoms with Crippen LogP contribution >= 0.6 is 22.9 Å². The largest absolute Gasteiger partial charge is 0.300 e. The van der Waals surface area contributed by atoms with Gasteiger partial charge in [0.05, 0.1) is 16.6 Å². The van der Waals surface area contributed by atoms with E-state index >= 15 is 0 Å². The van der Waals surface area contributed by atoms with E-state index in [2.05, 4.69) is 66.9 Å². The number of fused-ring (bicyclic) bond motifs is 6. The van der Waals surface area contributed by atoms with E-state index < -0.39 is 0 Å². The Balaban J connectivity index is 1.47. The Morgan fingerprint density at radius 3 is 2.47 bits per heavy atom. The average Bonchev–Trinajstić information content (AvgIpc) is 3.46.